The lowest BCUT2D eigenvalue weighted by atomic mass is 10.0. The van der Waals surface area contributed by atoms with Gasteiger partial charge in [-0.05, 0) is 37.6 Å². The van der Waals surface area contributed by atoms with Crippen LogP contribution >= 0.6 is 0 Å². The van der Waals surface area contributed by atoms with Crippen molar-refractivity contribution in [2.75, 3.05) is 38.2 Å². The second-order valence-electron chi connectivity index (χ2n) is 5.94. The second kappa shape index (κ2) is 7.92. The molecular weight excluding hydrogens is 288 g/mol. The molecule has 5 nitrogen and oxygen atoms in total. The van der Waals surface area contributed by atoms with Crippen LogP contribution in [0.15, 0.2) is 48.9 Å². The molecule has 5 heteroatoms. The van der Waals surface area contributed by atoms with Crippen molar-refractivity contribution < 1.29 is 4.74 Å². The number of para-hydroxylation sites is 1. The molecule has 1 fully saturated rings. The van der Waals surface area contributed by atoms with Gasteiger partial charge in [-0.2, -0.15) is 0 Å². The third-order valence-electron chi connectivity index (χ3n) is 4.38. The van der Waals surface area contributed by atoms with E-state index in [4.69, 9.17) is 4.74 Å². The number of hydrogen-bond acceptors (Lipinski definition) is 5. The van der Waals surface area contributed by atoms with Gasteiger partial charge in [0.15, 0.2) is 0 Å². The highest BCUT2D eigenvalue weighted by Crippen LogP contribution is 2.19. The van der Waals surface area contributed by atoms with Crippen LogP contribution in [0, 0.1) is 0 Å². The summed E-state index contributed by atoms with van der Waals surface area (Å²) >= 11 is 0. The van der Waals surface area contributed by atoms with Crippen molar-refractivity contribution in [3.63, 3.8) is 0 Å². The highest BCUT2D eigenvalue weighted by molar-refractivity contribution is 5.36. The monoisotopic (exact) mass is 312 g/mol. The van der Waals surface area contributed by atoms with Crippen molar-refractivity contribution in [3.8, 4) is 5.75 Å². The minimum atomic E-state index is 0.496. The van der Waals surface area contributed by atoms with E-state index in [9.17, 15) is 0 Å². The van der Waals surface area contributed by atoms with Gasteiger partial charge in [-0.15, -0.1) is 0 Å². The van der Waals surface area contributed by atoms with Crippen molar-refractivity contribution in [1.29, 1.82) is 0 Å². The van der Waals surface area contributed by atoms with Gasteiger partial charge < -0.3 is 9.64 Å². The summed E-state index contributed by atoms with van der Waals surface area (Å²) in [5.41, 5.74) is 0. The predicted molar refractivity (Wildman–Crippen MR) is 91.8 cm³/mol. The summed E-state index contributed by atoms with van der Waals surface area (Å²) in [6, 6.07) is 12.5. The molecule has 0 amide bonds. The molecule has 1 unspecified atom stereocenters. The van der Waals surface area contributed by atoms with E-state index in [1.54, 1.807) is 12.5 Å². The smallest absolute Gasteiger partial charge is 0.131 e. The van der Waals surface area contributed by atoms with Gasteiger partial charge in [0.2, 0.25) is 0 Å². The molecule has 0 radical (unpaired) electrons. The van der Waals surface area contributed by atoms with Crippen LogP contribution < -0.4 is 9.64 Å². The molecule has 1 aromatic heterocycles. The molecule has 0 aliphatic carbocycles. The second-order valence-corrected chi connectivity index (χ2v) is 5.94. The first-order chi connectivity index (χ1) is 11.3. The molecule has 0 N–H and O–H groups in total. The number of likely N-dealkylation sites (tertiary alicyclic amines) is 1. The zero-order valence-electron chi connectivity index (χ0n) is 13.6. The third kappa shape index (κ3) is 4.42. The largest absolute Gasteiger partial charge is 0.492 e. The molecule has 1 saturated heterocycles. The number of hydrogen-bond donors (Lipinski definition) is 0. The highest BCUT2D eigenvalue weighted by atomic mass is 16.5. The van der Waals surface area contributed by atoms with Gasteiger partial charge in [-0.1, -0.05) is 18.2 Å². The maximum atomic E-state index is 5.81. The van der Waals surface area contributed by atoms with Crippen LogP contribution in [0.5, 0.6) is 5.75 Å². The first kappa shape index (κ1) is 15.7. The maximum absolute atomic E-state index is 5.81. The Morgan fingerprint density at radius 1 is 1.26 bits per heavy atom. The molecule has 1 aliphatic heterocycles. The van der Waals surface area contributed by atoms with Crippen molar-refractivity contribution in [3.05, 3.63) is 48.9 Å². The SMILES string of the molecule is CN(c1ccncn1)C1CCCN(CCOc2ccccc2)C1. The number of ether oxygens (including phenoxy) is 1. The number of likely N-dealkylation sites (N-methyl/N-ethyl adjacent to an activating group) is 1. The first-order valence-corrected chi connectivity index (χ1v) is 8.22. The Hall–Kier alpha value is -2.14. The molecule has 23 heavy (non-hydrogen) atoms. The highest BCUT2D eigenvalue weighted by Gasteiger charge is 2.23. The molecule has 0 spiro atoms. The zero-order chi connectivity index (χ0) is 15.9. The summed E-state index contributed by atoms with van der Waals surface area (Å²) in [6.45, 7) is 3.89. The Morgan fingerprint density at radius 3 is 2.91 bits per heavy atom. The molecule has 2 heterocycles. The quantitative estimate of drug-likeness (QED) is 0.819. The zero-order valence-corrected chi connectivity index (χ0v) is 13.6. The molecule has 1 atom stereocenters. The first-order valence-electron chi connectivity index (χ1n) is 8.22. The van der Waals surface area contributed by atoms with Crippen LogP contribution in [0.2, 0.25) is 0 Å². The van der Waals surface area contributed by atoms with Crippen LogP contribution in [0.3, 0.4) is 0 Å². The molecule has 1 aliphatic rings. The fourth-order valence-corrected chi connectivity index (χ4v) is 3.04. The van der Waals surface area contributed by atoms with Gasteiger partial charge in [0.05, 0.1) is 0 Å². The fraction of sp³-hybridized carbons (Fsp3) is 0.444. The molecule has 1 aromatic carbocycles. The summed E-state index contributed by atoms with van der Waals surface area (Å²) in [5, 5.41) is 0. The number of anilines is 1. The van der Waals surface area contributed by atoms with E-state index < -0.39 is 0 Å². The lowest BCUT2D eigenvalue weighted by molar-refractivity contribution is 0.169. The summed E-state index contributed by atoms with van der Waals surface area (Å²) in [7, 11) is 2.12. The minimum Gasteiger partial charge on any atom is -0.492 e. The molecule has 122 valence electrons. The van der Waals surface area contributed by atoms with E-state index in [0.717, 1.165) is 37.8 Å². The number of aromatic nitrogens is 2. The molecule has 3 rings (SSSR count). The van der Waals surface area contributed by atoms with Gasteiger partial charge in [-0.25, -0.2) is 9.97 Å². The van der Waals surface area contributed by atoms with E-state index in [1.807, 2.05) is 36.4 Å². The molecule has 0 saturated carbocycles. The molecule has 2 aromatic rings. The summed E-state index contributed by atoms with van der Waals surface area (Å²) in [4.78, 5) is 13.1. The van der Waals surface area contributed by atoms with E-state index in [2.05, 4.69) is 26.8 Å². The Kier molecular flexibility index (Phi) is 5.42. The average Bonchev–Trinajstić information content (AvgIpc) is 2.63. The molecular formula is C18H24N4O. The third-order valence-corrected chi connectivity index (χ3v) is 4.38. The maximum Gasteiger partial charge on any atom is 0.131 e. The van der Waals surface area contributed by atoms with E-state index in [0.29, 0.717) is 6.04 Å². The normalized spacial score (nSPS) is 18.6. The van der Waals surface area contributed by atoms with Crippen molar-refractivity contribution in [2.24, 2.45) is 0 Å². The van der Waals surface area contributed by atoms with Gasteiger partial charge in [0.25, 0.3) is 0 Å². The minimum absolute atomic E-state index is 0.496. The number of nitrogens with zero attached hydrogens (tertiary/aromatic N) is 4. The predicted octanol–water partition coefficient (Wildman–Crippen LogP) is 2.46. The summed E-state index contributed by atoms with van der Waals surface area (Å²) in [5.74, 6) is 1.94. The van der Waals surface area contributed by atoms with Crippen molar-refractivity contribution in [2.45, 2.75) is 18.9 Å². The van der Waals surface area contributed by atoms with Crippen molar-refractivity contribution in [1.82, 2.24) is 14.9 Å². The van der Waals surface area contributed by atoms with Crippen LogP contribution in [-0.2, 0) is 0 Å². The van der Waals surface area contributed by atoms with Crippen LogP contribution in [0.25, 0.3) is 0 Å². The van der Waals surface area contributed by atoms with Crippen LogP contribution in [0.1, 0.15) is 12.8 Å². The van der Waals surface area contributed by atoms with Crippen LogP contribution in [0.4, 0.5) is 5.82 Å². The van der Waals surface area contributed by atoms with Crippen LogP contribution in [-0.4, -0.2) is 54.2 Å². The Bertz CT molecular complexity index is 578. The van der Waals surface area contributed by atoms with Gasteiger partial charge in [0.1, 0.15) is 24.5 Å². The number of rotatable bonds is 6. The Morgan fingerprint density at radius 2 is 2.13 bits per heavy atom. The lowest BCUT2D eigenvalue weighted by Crippen LogP contribution is -2.47. The van der Waals surface area contributed by atoms with E-state index in [1.165, 1.54) is 12.8 Å². The standard InChI is InChI=1S/C18H24N4O/c1-21(18-9-10-19-15-20-18)16-6-5-11-22(14-16)12-13-23-17-7-3-2-4-8-17/h2-4,7-10,15-16H,5-6,11-14H2,1H3. The van der Waals surface area contributed by atoms with E-state index in [-0.39, 0.29) is 0 Å². The van der Waals surface area contributed by atoms with E-state index >= 15 is 0 Å². The van der Waals surface area contributed by atoms with Gasteiger partial charge in [-0.3, -0.25) is 4.90 Å². The average molecular weight is 312 g/mol. The van der Waals surface area contributed by atoms with Gasteiger partial charge >= 0.3 is 0 Å². The van der Waals surface area contributed by atoms with Gasteiger partial charge in [0, 0.05) is 32.4 Å². The molecule has 0 bridgehead atoms. The number of piperidine rings is 1. The number of benzene rings is 1. The fourth-order valence-electron chi connectivity index (χ4n) is 3.04. The Labute approximate surface area is 137 Å². The van der Waals surface area contributed by atoms with Crippen molar-refractivity contribution >= 4 is 5.82 Å². The Balaban J connectivity index is 1.48. The topological polar surface area (TPSA) is 41.5 Å². The lowest BCUT2D eigenvalue weighted by Gasteiger charge is -2.38. The summed E-state index contributed by atoms with van der Waals surface area (Å²) in [6.07, 6.45) is 5.83. The summed E-state index contributed by atoms with van der Waals surface area (Å²) < 4.78 is 5.81.